The van der Waals surface area contributed by atoms with Crippen LogP contribution in [0, 0.1) is 6.92 Å². The van der Waals surface area contributed by atoms with Gasteiger partial charge in [0.15, 0.2) is 5.69 Å². The van der Waals surface area contributed by atoms with Crippen molar-refractivity contribution in [2.24, 2.45) is 10.2 Å². The van der Waals surface area contributed by atoms with E-state index in [2.05, 4.69) is 15.3 Å². The average Bonchev–Trinajstić information content (AvgIpc) is 2.88. The van der Waals surface area contributed by atoms with E-state index < -0.39 is 0 Å². The van der Waals surface area contributed by atoms with Crippen LogP contribution in [0.4, 0.5) is 11.4 Å². The van der Waals surface area contributed by atoms with Crippen LogP contribution in [0.5, 0.6) is 5.75 Å². The van der Waals surface area contributed by atoms with Crippen molar-refractivity contribution in [3.63, 3.8) is 0 Å². The van der Waals surface area contributed by atoms with E-state index in [0.29, 0.717) is 27.8 Å². The van der Waals surface area contributed by atoms with Gasteiger partial charge in [-0.2, -0.15) is 0 Å². The Hall–Kier alpha value is -2.86. The van der Waals surface area contributed by atoms with E-state index in [1.54, 1.807) is 50.4 Å². The first-order valence-corrected chi connectivity index (χ1v) is 7.60. The van der Waals surface area contributed by atoms with Gasteiger partial charge in [-0.3, -0.25) is 9.89 Å². The van der Waals surface area contributed by atoms with Crippen molar-refractivity contribution in [1.82, 2.24) is 9.78 Å². The van der Waals surface area contributed by atoms with Crippen molar-refractivity contribution in [1.29, 1.82) is 0 Å². The minimum absolute atomic E-state index is 0.246. The molecule has 0 amide bonds. The van der Waals surface area contributed by atoms with E-state index in [4.69, 9.17) is 16.3 Å². The number of hydrogen-bond acceptors (Lipinski definition) is 4. The van der Waals surface area contributed by atoms with Crippen molar-refractivity contribution in [2.75, 3.05) is 7.11 Å². The van der Waals surface area contributed by atoms with Crippen LogP contribution in [0.2, 0.25) is 5.02 Å². The van der Waals surface area contributed by atoms with Crippen molar-refractivity contribution in [3.8, 4) is 11.4 Å². The van der Waals surface area contributed by atoms with E-state index in [1.807, 2.05) is 12.1 Å². The Morgan fingerprint density at radius 3 is 2.50 bits per heavy atom. The summed E-state index contributed by atoms with van der Waals surface area (Å²) in [6.07, 6.45) is 0. The molecule has 0 atom stereocenters. The van der Waals surface area contributed by atoms with Gasteiger partial charge in [-0.05, 0) is 43.3 Å². The smallest absolute Gasteiger partial charge is 0.299 e. The summed E-state index contributed by atoms with van der Waals surface area (Å²) < 4.78 is 6.63. The fourth-order valence-electron chi connectivity index (χ4n) is 2.24. The Balaban J connectivity index is 1.99. The van der Waals surface area contributed by atoms with Crippen molar-refractivity contribution >= 4 is 23.0 Å². The molecule has 0 bridgehead atoms. The number of para-hydroxylation sites is 1. The van der Waals surface area contributed by atoms with Gasteiger partial charge in [0.25, 0.3) is 5.56 Å². The number of nitrogens with one attached hydrogen (secondary N) is 1. The molecule has 1 N–H and O–H groups in total. The third-order valence-corrected chi connectivity index (χ3v) is 3.72. The third kappa shape index (κ3) is 3.09. The fourth-order valence-corrected chi connectivity index (χ4v) is 2.37. The number of H-pyrrole nitrogens is 1. The number of hydrogen-bond donors (Lipinski definition) is 1. The number of rotatable bonds is 4. The van der Waals surface area contributed by atoms with Gasteiger partial charge in [-0.15, -0.1) is 10.2 Å². The van der Waals surface area contributed by atoms with Gasteiger partial charge in [0.2, 0.25) is 0 Å². The molecule has 0 aliphatic heterocycles. The van der Waals surface area contributed by atoms with Gasteiger partial charge >= 0.3 is 0 Å². The first kappa shape index (κ1) is 16.0. The second-order valence-electron chi connectivity index (χ2n) is 5.07. The number of halogens is 1. The lowest BCUT2D eigenvalue weighted by Crippen LogP contribution is -2.13. The summed E-state index contributed by atoms with van der Waals surface area (Å²) in [5.74, 6) is 0.590. The molecule has 1 aromatic heterocycles. The zero-order chi connectivity index (χ0) is 17.1. The van der Waals surface area contributed by atoms with E-state index in [-0.39, 0.29) is 11.2 Å². The summed E-state index contributed by atoms with van der Waals surface area (Å²) in [5, 5.41) is 11.8. The van der Waals surface area contributed by atoms with Gasteiger partial charge in [-0.25, -0.2) is 4.68 Å². The lowest BCUT2D eigenvalue weighted by Gasteiger charge is -2.01. The minimum atomic E-state index is -0.284. The number of azo groups is 1. The molecular weight excluding hydrogens is 328 g/mol. The van der Waals surface area contributed by atoms with Crippen LogP contribution in [0.15, 0.2) is 63.6 Å². The molecule has 6 nitrogen and oxygen atoms in total. The normalized spacial score (nSPS) is 11.1. The molecule has 3 rings (SSSR count). The van der Waals surface area contributed by atoms with Crippen LogP contribution in [0.1, 0.15) is 5.69 Å². The van der Waals surface area contributed by atoms with Crippen LogP contribution in [-0.2, 0) is 0 Å². The van der Waals surface area contributed by atoms with Crippen molar-refractivity contribution in [2.45, 2.75) is 6.92 Å². The van der Waals surface area contributed by atoms with Crippen LogP contribution in [0.3, 0.4) is 0 Å². The maximum Gasteiger partial charge on any atom is 0.299 e. The topological polar surface area (TPSA) is 71.7 Å². The Labute approximate surface area is 143 Å². The molecule has 7 heteroatoms. The van der Waals surface area contributed by atoms with E-state index >= 15 is 0 Å². The highest BCUT2D eigenvalue weighted by Gasteiger charge is 2.12. The number of methoxy groups -OCH3 is 1. The number of benzene rings is 2. The largest absolute Gasteiger partial charge is 0.494 e. The molecular formula is C17H15ClN4O2. The van der Waals surface area contributed by atoms with Gasteiger partial charge in [-0.1, -0.05) is 23.7 Å². The molecule has 2 aromatic carbocycles. The van der Waals surface area contributed by atoms with Crippen LogP contribution < -0.4 is 10.3 Å². The number of aromatic amines is 1. The summed E-state index contributed by atoms with van der Waals surface area (Å²) >= 11 is 5.88. The SMILES string of the molecule is COc1ccccc1N=Nc1c(C)[nH]n(-c2ccc(Cl)cc2)c1=O. The molecule has 0 saturated carbocycles. The molecule has 0 radical (unpaired) electrons. The molecule has 3 aromatic rings. The molecule has 0 aliphatic rings. The maximum atomic E-state index is 12.6. The van der Waals surface area contributed by atoms with E-state index in [1.165, 1.54) is 4.68 Å². The lowest BCUT2D eigenvalue weighted by molar-refractivity contribution is 0.416. The summed E-state index contributed by atoms with van der Waals surface area (Å²) in [7, 11) is 1.56. The average molecular weight is 343 g/mol. The third-order valence-electron chi connectivity index (χ3n) is 3.47. The predicted molar refractivity (Wildman–Crippen MR) is 93.3 cm³/mol. The summed E-state index contributed by atoms with van der Waals surface area (Å²) in [6, 6.07) is 14.2. The zero-order valence-electron chi connectivity index (χ0n) is 13.2. The fraction of sp³-hybridized carbons (Fsp3) is 0.118. The zero-order valence-corrected chi connectivity index (χ0v) is 13.9. The molecule has 1 heterocycles. The second kappa shape index (κ2) is 6.72. The molecule has 0 unspecified atom stereocenters. The number of ether oxygens (including phenoxy) is 1. The van der Waals surface area contributed by atoms with E-state index in [9.17, 15) is 4.79 Å². The van der Waals surface area contributed by atoms with E-state index in [0.717, 1.165) is 0 Å². The highest BCUT2D eigenvalue weighted by atomic mass is 35.5. The van der Waals surface area contributed by atoms with Crippen LogP contribution in [-0.4, -0.2) is 16.9 Å². The molecule has 122 valence electrons. The standard InChI is InChI=1S/C17H15ClN4O2/c1-11-16(20-19-14-5-3-4-6-15(14)24-2)17(23)22(21-11)13-9-7-12(18)8-10-13/h3-10,21H,1-2H3. The lowest BCUT2D eigenvalue weighted by atomic mass is 10.3. The molecule has 0 spiro atoms. The quantitative estimate of drug-likeness (QED) is 0.706. The molecule has 0 saturated heterocycles. The molecule has 24 heavy (non-hydrogen) atoms. The van der Waals surface area contributed by atoms with Gasteiger partial charge < -0.3 is 4.74 Å². The predicted octanol–water partition coefficient (Wildman–Crippen LogP) is 4.55. The summed E-state index contributed by atoms with van der Waals surface area (Å²) in [6.45, 7) is 1.77. The first-order valence-electron chi connectivity index (χ1n) is 7.22. The number of aryl methyl sites for hydroxylation is 1. The van der Waals surface area contributed by atoms with Crippen molar-refractivity contribution in [3.05, 3.63) is 69.6 Å². The summed E-state index contributed by atoms with van der Waals surface area (Å²) in [5.41, 5.74) is 1.81. The highest BCUT2D eigenvalue weighted by Crippen LogP contribution is 2.28. The van der Waals surface area contributed by atoms with Crippen molar-refractivity contribution < 1.29 is 4.74 Å². The monoisotopic (exact) mass is 342 g/mol. The Bertz CT molecular complexity index is 942. The van der Waals surface area contributed by atoms with Gasteiger partial charge in [0.1, 0.15) is 11.4 Å². The Kier molecular flexibility index (Phi) is 4.48. The maximum absolute atomic E-state index is 12.6. The first-order chi connectivity index (χ1) is 11.6. The van der Waals surface area contributed by atoms with Gasteiger partial charge in [0, 0.05) is 5.02 Å². The second-order valence-corrected chi connectivity index (χ2v) is 5.51. The number of nitrogens with zero attached hydrogens (tertiary/aromatic N) is 3. The number of aromatic nitrogens is 2. The van der Waals surface area contributed by atoms with Gasteiger partial charge in [0.05, 0.1) is 18.5 Å². The highest BCUT2D eigenvalue weighted by molar-refractivity contribution is 6.30. The molecule has 0 fully saturated rings. The minimum Gasteiger partial charge on any atom is -0.494 e. The molecule has 0 aliphatic carbocycles. The Morgan fingerprint density at radius 2 is 1.79 bits per heavy atom. The van der Waals surface area contributed by atoms with Crippen LogP contribution >= 0.6 is 11.6 Å². The summed E-state index contributed by atoms with van der Waals surface area (Å²) in [4.78, 5) is 12.6. The van der Waals surface area contributed by atoms with Crippen LogP contribution in [0.25, 0.3) is 5.69 Å². The Morgan fingerprint density at radius 1 is 1.08 bits per heavy atom.